The number of nitrogens with zero attached hydrogens (tertiary/aromatic N) is 1. The Hall–Kier alpha value is -1.26. The van der Waals surface area contributed by atoms with E-state index in [1.165, 1.54) is 19.3 Å². The van der Waals surface area contributed by atoms with Crippen molar-refractivity contribution in [2.75, 3.05) is 18.5 Å². The standard InChI is InChI=1S/C12H16N2O2.ClH/c15-12(16)10-6-2-3-7-11(10)13-14-8-4-1-5-9-14;/h2-3,6-7,13H,1,4-5,8-9H2,(H,15,16);1H. The van der Waals surface area contributed by atoms with Gasteiger partial charge in [-0.05, 0) is 25.0 Å². The second kappa shape index (κ2) is 6.47. The fourth-order valence-corrected chi connectivity index (χ4v) is 1.94. The number of nitrogens with one attached hydrogen (secondary N) is 1. The number of hydrogen-bond donors (Lipinski definition) is 2. The smallest absolute Gasteiger partial charge is 0.337 e. The van der Waals surface area contributed by atoms with Gasteiger partial charge in [0, 0.05) is 13.1 Å². The minimum Gasteiger partial charge on any atom is -0.478 e. The van der Waals surface area contributed by atoms with Crippen LogP contribution in [0.1, 0.15) is 29.6 Å². The van der Waals surface area contributed by atoms with Crippen LogP contribution in [-0.4, -0.2) is 29.2 Å². The number of aromatic carboxylic acids is 1. The van der Waals surface area contributed by atoms with Crippen LogP contribution < -0.4 is 5.43 Å². The zero-order valence-corrected chi connectivity index (χ0v) is 10.4. The van der Waals surface area contributed by atoms with Crippen LogP contribution >= 0.6 is 12.4 Å². The summed E-state index contributed by atoms with van der Waals surface area (Å²) in [7, 11) is 0. The van der Waals surface area contributed by atoms with E-state index < -0.39 is 5.97 Å². The molecule has 17 heavy (non-hydrogen) atoms. The van der Waals surface area contributed by atoms with Crippen LogP contribution in [0.15, 0.2) is 24.3 Å². The molecule has 0 amide bonds. The van der Waals surface area contributed by atoms with Gasteiger partial charge in [0.05, 0.1) is 11.3 Å². The minimum atomic E-state index is -0.889. The third-order valence-electron chi connectivity index (χ3n) is 2.79. The average Bonchev–Trinajstić information content (AvgIpc) is 2.31. The number of piperidine rings is 1. The Morgan fingerprint density at radius 2 is 1.82 bits per heavy atom. The van der Waals surface area contributed by atoms with E-state index in [1.807, 2.05) is 6.07 Å². The van der Waals surface area contributed by atoms with E-state index >= 15 is 0 Å². The summed E-state index contributed by atoms with van der Waals surface area (Å²) in [6.07, 6.45) is 3.60. The Labute approximate surface area is 107 Å². The normalized spacial score (nSPS) is 16.0. The summed E-state index contributed by atoms with van der Waals surface area (Å²) in [5, 5.41) is 11.1. The van der Waals surface area contributed by atoms with Crippen LogP contribution in [0.3, 0.4) is 0 Å². The summed E-state index contributed by atoms with van der Waals surface area (Å²) in [5.41, 5.74) is 4.19. The maximum Gasteiger partial charge on any atom is 0.337 e. The molecule has 5 heteroatoms. The van der Waals surface area contributed by atoms with Gasteiger partial charge in [-0.1, -0.05) is 18.6 Å². The van der Waals surface area contributed by atoms with Gasteiger partial charge in [0.15, 0.2) is 0 Å². The Kier molecular flexibility index (Phi) is 5.25. The molecule has 0 aliphatic carbocycles. The predicted molar refractivity (Wildman–Crippen MR) is 69.7 cm³/mol. The SMILES string of the molecule is Cl.O=C(O)c1ccccc1NN1CCCCC1. The molecular formula is C12H17ClN2O2. The summed E-state index contributed by atoms with van der Waals surface area (Å²) in [6, 6.07) is 7.01. The Balaban J connectivity index is 0.00000144. The van der Waals surface area contributed by atoms with E-state index in [4.69, 9.17) is 5.11 Å². The second-order valence-electron chi connectivity index (χ2n) is 4.01. The van der Waals surface area contributed by atoms with Crippen molar-refractivity contribution >= 4 is 24.1 Å². The van der Waals surface area contributed by atoms with E-state index in [1.54, 1.807) is 18.2 Å². The molecule has 1 aromatic carbocycles. The molecule has 0 radical (unpaired) electrons. The molecule has 0 bridgehead atoms. The molecule has 1 aromatic rings. The zero-order chi connectivity index (χ0) is 11.4. The lowest BCUT2D eigenvalue weighted by atomic mass is 10.1. The molecule has 0 atom stereocenters. The molecular weight excluding hydrogens is 240 g/mol. The largest absolute Gasteiger partial charge is 0.478 e. The van der Waals surface area contributed by atoms with Crippen molar-refractivity contribution in [1.82, 2.24) is 5.01 Å². The first-order valence-electron chi connectivity index (χ1n) is 5.61. The molecule has 4 nitrogen and oxygen atoms in total. The first-order chi connectivity index (χ1) is 7.77. The number of hydrazine groups is 1. The molecule has 1 saturated heterocycles. The maximum absolute atomic E-state index is 11.0. The highest BCUT2D eigenvalue weighted by molar-refractivity contribution is 5.94. The number of halogens is 1. The molecule has 1 aliphatic rings. The monoisotopic (exact) mass is 256 g/mol. The van der Waals surface area contributed by atoms with Gasteiger partial charge in [-0.15, -0.1) is 12.4 Å². The van der Waals surface area contributed by atoms with Gasteiger partial charge in [-0.3, -0.25) is 0 Å². The summed E-state index contributed by atoms with van der Waals surface area (Å²) in [4.78, 5) is 11.0. The van der Waals surface area contributed by atoms with Crippen molar-refractivity contribution in [2.45, 2.75) is 19.3 Å². The van der Waals surface area contributed by atoms with Crippen molar-refractivity contribution in [3.63, 3.8) is 0 Å². The first kappa shape index (κ1) is 13.8. The highest BCUT2D eigenvalue weighted by Gasteiger charge is 2.13. The van der Waals surface area contributed by atoms with Crippen LogP contribution in [0.5, 0.6) is 0 Å². The van der Waals surface area contributed by atoms with E-state index in [-0.39, 0.29) is 12.4 Å². The van der Waals surface area contributed by atoms with Crippen molar-refractivity contribution in [3.05, 3.63) is 29.8 Å². The molecule has 1 aliphatic heterocycles. The summed E-state index contributed by atoms with van der Waals surface area (Å²) in [5.74, 6) is -0.889. The van der Waals surface area contributed by atoms with Gasteiger partial charge >= 0.3 is 5.97 Å². The van der Waals surface area contributed by atoms with E-state index in [9.17, 15) is 4.79 Å². The highest BCUT2D eigenvalue weighted by atomic mass is 35.5. The summed E-state index contributed by atoms with van der Waals surface area (Å²) < 4.78 is 0. The maximum atomic E-state index is 11.0. The zero-order valence-electron chi connectivity index (χ0n) is 9.56. The van der Waals surface area contributed by atoms with Crippen molar-refractivity contribution < 1.29 is 9.90 Å². The molecule has 1 heterocycles. The van der Waals surface area contributed by atoms with Gasteiger partial charge in [0.1, 0.15) is 0 Å². The lowest BCUT2D eigenvalue weighted by Gasteiger charge is -2.28. The molecule has 0 spiro atoms. The van der Waals surface area contributed by atoms with Gasteiger partial charge < -0.3 is 10.5 Å². The third kappa shape index (κ3) is 3.61. The molecule has 0 aromatic heterocycles. The number of anilines is 1. The second-order valence-corrected chi connectivity index (χ2v) is 4.01. The van der Waals surface area contributed by atoms with Gasteiger partial charge in [-0.2, -0.15) is 0 Å². The number of benzene rings is 1. The predicted octanol–water partition coefficient (Wildman–Crippen LogP) is 2.62. The quantitative estimate of drug-likeness (QED) is 0.873. The van der Waals surface area contributed by atoms with Gasteiger partial charge in [0.2, 0.25) is 0 Å². The number of carbonyl (C=O) groups is 1. The van der Waals surface area contributed by atoms with Crippen LogP contribution in [-0.2, 0) is 0 Å². The number of carboxylic acids is 1. The van der Waals surface area contributed by atoms with Gasteiger partial charge in [0.25, 0.3) is 0 Å². The lowest BCUT2D eigenvalue weighted by molar-refractivity contribution is 0.0697. The summed E-state index contributed by atoms with van der Waals surface area (Å²) in [6.45, 7) is 1.96. The molecule has 1 fully saturated rings. The highest BCUT2D eigenvalue weighted by Crippen LogP contribution is 2.17. The van der Waals surface area contributed by atoms with Gasteiger partial charge in [-0.25, -0.2) is 9.80 Å². The molecule has 2 rings (SSSR count). The number of rotatable bonds is 3. The number of para-hydroxylation sites is 1. The van der Waals surface area contributed by atoms with E-state index in [0.29, 0.717) is 11.3 Å². The fourth-order valence-electron chi connectivity index (χ4n) is 1.94. The lowest BCUT2D eigenvalue weighted by Crippen LogP contribution is -2.35. The summed E-state index contributed by atoms with van der Waals surface area (Å²) >= 11 is 0. The number of carboxylic acid groups (broad SMARTS) is 1. The van der Waals surface area contributed by atoms with E-state index in [2.05, 4.69) is 10.4 Å². The molecule has 0 unspecified atom stereocenters. The Morgan fingerprint density at radius 3 is 2.47 bits per heavy atom. The Morgan fingerprint density at radius 1 is 1.18 bits per heavy atom. The van der Waals surface area contributed by atoms with Crippen molar-refractivity contribution in [1.29, 1.82) is 0 Å². The first-order valence-corrected chi connectivity index (χ1v) is 5.61. The topological polar surface area (TPSA) is 52.6 Å². The minimum absolute atomic E-state index is 0. The molecule has 0 saturated carbocycles. The van der Waals surface area contributed by atoms with Crippen LogP contribution in [0.2, 0.25) is 0 Å². The Bertz CT molecular complexity index is 379. The van der Waals surface area contributed by atoms with Crippen LogP contribution in [0.4, 0.5) is 5.69 Å². The number of hydrogen-bond acceptors (Lipinski definition) is 3. The third-order valence-corrected chi connectivity index (χ3v) is 2.79. The van der Waals surface area contributed by atoms with Crippen molar-refractivity contribution in [2.24, 2.45) is 0 Å². The van der Waals surface area contributed by atoms with Crippen molar-refractivity contribution in [3.8, 4) is 0 Å². The molecule has 2 N–H and O–H groups in total. The average molecular weight is 257 g/mol. The molecule has 94 valence electrons. The van der Waals surface area contributed by atoms with E-state index in [0.717, 1.165) is 13.1 Å². The fraction of sp³-hybridized carbons (Fsp3) is 0.417. The van der Waals surface area contributed by atoms with Crippen LogP contribution in [0, 0.1) is 0 Å². The van der Waals surface area contributed by atoms with Crippen LogP contribution in [0.25, 0.3) is 0 Å².